The van der Waals surface area contributed by atoms with Crippen LogP contribution in [0.2, 0.25) is 0 Å². The summed E-state index contributed by atoms with van der Waals surface area (Å²) in [5, 5.41) is 13.1. The molecule has 2 amide bonds. The smallest absolute Gasteiger partial charge is 0.276 e. The van der Waals surface area contributed by atoms with Gasteiger partial charge in [-0.25, -0.2) is 4.68 Å². The lowest BCUT2D eigenvalue weighted by Crippen LogP contribution is -2.29. The van der Waals surface area contributed by atoms with Gasteiger partial charge >= 0.3 is 0 Å². The highest BCUT2D eigenvalue weighted by molar-refractivity contribution is 5.92. The molecule has 3 aromatic rings. The van der Waals surface area contributed by atoms with Crippen LogP contribution in [0.1, 0.15) is 28.9 Å². The van der Waals surface area contributed by atoms with Crippen LogP contribution < -0.4 is 5.32 Å². The van der Waals surface area contributed by atoms with Crippen LogP contribution in [0.15, 0.2) is 48.7 Å². The van der Waals surface area contributed by atoms with Crippen molar-refractivity contribution in [1.82, 2.24) is 25.2 Å². The number of amides is 2. The number of carbonyl (C=O) groups excluding carboxylic acids is 2. The molecule has 7 heteroatoms. The minimum Gasteiger partial charge on any atom is -0.354 e. The van der Waals surface area contributed by atoms with E-state index in [-0.39, 0.29) is 11.8 Å². The number of hydrogen-bond acceptors (Lipinski definition) is 4. The van der Waals surface area contributed by atoms with Crippen molar-refractivity contribution in [2.75, 3.05) is 19.6 Å². The number of likely N-dealkylation sites (tertiary alicyclic amines) is 1. The Morgan fingerprint density at radius 3 is 2.68 bits per heavy atom. The third-order valence-electron chi connectivity index (χ3n) is 5.05. The third kappa shape index (κ3) is 4.03. The summed E-state index contributed by atoms with van der Waals surface area (Å²) in [6, 6.07) is 14.1. The molecule has 1 aliphatic rings. The molecular formula is C21H23N5O2. The van der Waals surface area contributed by atoms with E-state index in [1.54, 1.807) is 15.8 Å². The number of carbonyl (C=O) groups is 2. The molecule has 4 rings (SSSR count). The minimum absolute atomic E-state index is 0.0372. The number of benzene rings is 2. The first-order valence-electron chi connectivity index (χ1n) is 9.63. The van der Waals surface area contributed by atoms with Crippen LogP contribution in [0.3, 0.4) is 0 Å². The quantitative estimate of drug-likeness (QED) is 0.713. The zero-order chi connectivity index (χ0) is 19.3. The standard InChI is InChI=1S/C21H23N5O2/c27-20(14-17-8-5-7-16-6-1-2-9-18(16)17)22-10-13-26-15-19(23-24-26)21(28)25-11-3-4-12-25/h1-2,5-9,15H,3-4,10-14H2,(H,22,27). The van der Waals surface area contributed by atoms with Crippen molar-refractivity contribution in [3.8, 4) is 0 Å². The fourth-order valence-electron chi connectivity index (χ4n) is 3.58. The predicted molar refractivity (Wildman–Crippen MR) is 106 cm³/mol. The molecule has 28 heavy (non-hydrogen) atoms. The number of fused-ring (bicyclic) bond motifs is 1. The lowest BCUT2D eigenvalue weighted by Gasteiger charge is -2.12. The SMILES string of the molecule is O=C(Cc1cccc2ccccc12)NCCn1cc(C(=O)N2CCCC2)nn1. The first kappa shape index (κ1) is 18.2. The molecule has 2 heterocycles. The van der Waals surface area contributed by atoms with Crippen molar-refractivity contribution >= 4 is 22.6 Å². The fourth-order valence-corrected chi connectivity index (χ4v) is 3.58. The molecule has 0 spiro atoms. The van der Waals surface area contributed by atoms with Crippen molar-refractivity contribution in [2.24, 2.45) is 0 Å². The maximum absolute atomic E-state index is 12.3. The molecular weight excluding hydrogens is 354 g/mol. The first-order valence-corrected chi connectivity index (χ1v) is 9.63. The lowest BCUT2D eigenvalue weighted by molar-refractivity contribution is -0.120. The Kier molecular flexibility index (Phi) is 5.32. The summed E-state index contributed by atoms with van der Waals surface area (Å²) in [7, 11) is 0. The van der Waals surface area contributed by atoms with Crippen molar-refractivity contribution in [3.05, 3.63) is 59.9 Å². The normalized spacial score (nSPS) is 13.8. The number of nitrogens with one attached hydrogen (secondary N) is 1. The van der Waals surface area contributed by atoms with E-state index >= 15 is 0 Å². The molecule has 1 saturated heterocycles. The summed E-state index contributed by atoms with van der Waals surface area (Å²) in [5.74, 6) is -0.103. The molecule has 7 nitrogen and oxygen atoms in total. The fraction of sp³-hybridized carbons (Fsp3) is 0.333. The molecule has 1 aliphatic heterocycles. The molecule has 1 N–H and O–H groups in total. The lowest BCUT2D eigenvalue weighted by atomic mass is 10.0. The Bertz CT molecular complexity index is 986. The van der Waals surface area contributed by atoms with Crippen LogP contribution in [0.4, 0.5) is 0 Å². The van der Waals surface area contributed by atoms with Crippen molar-refractivity contribution in [2.45, 2.75) is 25.8 Å². The van der Waals surface area contributed by atoms with Crippen LogP contribution in [0.25, 0.3) is 10.8 Å². The number of aromatic nitrogens is 3. The van der Waals surface area contributed by atoms with E-state index in [4.69, 9.17) is 0 Å². The summed E-state index contributed by atoms with van der Waals surface area (Å²) in [4.78, 5) is 26.4. The number of rotatable bonds is 6. The van der Waals surface area contributed by atoms with E-state index in [2.05, 4.69) is 15.6 Å². The molecule has 2 aromatic carbocycles. The van der Waals surface area contributed by atoms with Crippen LogP contribution in [0, 0.1) is 0 Å². The number of nitrogens with zero attached hydrogens (tertiary/aromatic N) is 4. The van der Waals surface area contributed by atoms with Gasteiger partial charge in [0.15, 0.2) is 5.69 Å². The number of hydrogen-bond donors (Lipinski definition) is 1. The highest BCUT2D eigenvalue weighted by Gasteiger charge is 2.21. The molecule has 0 aliphatic carbocycles. The van der Waals surface area contributed by atoms with Gasteiger partial charge in [0.05, 0.1) is 19.2 Å². The average Bonchev–Trinajstić information content (AvgIpc) is 3.40. The minimum atomic E-state index is -0.0660. The van der Waals surface area contributed by atoms with Gasteiger partial charge < -0.3 is 10.2 Å². The average molecular weight is 377 g/mol. The Balaban J connectivity index is 1.29. The summed E-state index contributed by atoms with van der Waals surface area (Å²) in [6.07, 6.45) is 4.07. The van der Waals surface area contributed by atoms with Crippen LogP contribution in [-0.2, 0) is 17.8 Å². The van der Waals surface area contributed by atoms with Gasteiger partial charge in [-0.15, -0.1) is 5.10 Å². The van der Waals surface area contributed by atoms with Gasteiger partial charge in [-0.1, -0.05) is 47.7 Å². The Labute approximate surface area is 163 Å². The second kappa shape index (κ2) is 8.21. The Hall–Kier alpha value is -3.22. The van der Waals surface area contributed by atoms with E-state index in [0.29, 0.717) is 25.2 Å². The highest BCUT2D eigenvalue weighted by atomic mass is 16.2. The van der Waals surface area contributed by atoms with E-state index in [0.717, 1.165) is 42.3 Å². The summed E-state index contributed by atoms with van der Waals surface area (Å²) in [6.45, 7) is 2.48. The van der Waals surface area contributed by atoms with Crippen LogP contribution in [-0.4, -0.2) is 51.3 Å². The third-order valence-corrected chi connectivity index (χ3v) is 5.05. The second-order valence-electron chi connectivity index (χ2n) is 7.03. The van der Waals surface area contributed by atoms with Gasteiger partial charge in [0.25, 0.3) is 5.91 Å². The summed E-state index contributed by atoms with van der Waals surface area (Å²) < 4.78 is 1.60. The Morgan fingerprint density at radius 1 is 1.04 bits per heavy atom. The van der Waals surface area contributed by atoms with E-state index in [1.165, 1.54) is 0 Å². The monoisotopic (exact) mass is 377 g/mol. The van der Waals surface area contributed by atoms with Gasteiger partial charge in [-0.05, 0) is 29.2 Å². The molecule has 0 saturated carbocycles. The highest BCUT2D eigenvalue weighted by Crippen LogP contribution is 2.18. The van der Waals surface area contributed by atoms with Gasteiger partial charge in [0.2, 0.25) is 5.91 Å². The maximum Gasteiger partial charge on any atom is 0.276 e. The Morgan fingerprint density at radius 2 is 1.82 bits per heavy atom. The van der Waals surface area contributed by atoms with Gasteiger partial charge in [0.1, 0.15) is 0 Å². The van der Waals surface area contributed by atoms with Crippen LogP contribution >= 0.6 is 0 Å². The van der Waals surface area contributed by atoms with Gasteiger partial charge in [-0.3, -0.25) is 9.59 Å². The van der Waals surface area contributed by atoms with E-state index in [1.807, 2.05) is 42.5 Å². The molecule has 0 radical (unpaired) electrons. The van der Waals surface area contributed by atoms with Gasteiger partial charge in [-0.2, -0.15) is 0 Å². The summed E-state index contributed by atoms with van der Waals surface area (Å²) >= 11 is 0. The molecule has 0 bridgehead atoms. The van der Waals surface area contributed by atoms with Crippen molar-refractivity contribution < 1.29 is 9.59 Å². The maximum atomic E-state index is 12.3. The molecule has 1 aromatic heterocycles. The topological polar surface area (TPSA) is 80.1 Å². The zero-order valence-corrected chi connectivity index (χ0v) is 15.7. The van der Waals surface area contributed by atoms with E-state index < -0.39 is 0 Å². The molecule has 0 unspecified atom stereocenters. The zero-order valence-electron chi connectivity index (χ0n) is 15.7. The summed E-state index contributed by atoms with van der Waals surface area (Å²) in [5.41, 5.74) is 1.37. The second-order valence-corrected chi connectivity index (χ2v) is 7.03. The first-order chi connectivity index (χ1) is 13.7. The largest absolute Gasteiger partial charge is 0.354 e. The van der Waals surface area contributed by atoms with Gasteiger partial charge in [0, 0.05) is 19.6 Å². The molecule has 0 atom stereocenters. The molecule has 1 fully saturated rings. The van der Waals surface area contributed by atoms with E-state index in [9.17, 15) is 9.59 Å². The molecule has 144 valence electrons. The van der Waals surface area contributed by atoms with Crippen molar-refractivity contribution in [3.63, 3.8) is 0 Å². The van der Waals surface area contributed by atoms with Crippen LogP contribution in [0.5, 0.6) is 0 Å². The predicted octanol–water partition coefficient (Wildman–Crippen LogP) is 2.03. The van der Waals surface area contributed by atoms with Crippen molar-refractivity contribution in [1.29, 1.82) is 0 Å².